The number of carbonyl (C=O) groups is 1. The molecule has 1 aliphatic heterocycles. The smallest absolute Gasteiger partial charge is 0.227 e. The van der Waals surface area contributed by atoms with E-state index in [9.17, 15) is 4.79 Å². The molecule has 0 bridgehead atoms. The maximum Gasteiger partial charge on any atom is 0.227 e. The molecule has 1 atom stereocenters. The standard InChI is InChI=1S/C18H22ClN3O2/c1-12-17(18(19)21(2)20-12)15-8-5-9-22(15)16(23)11-13-6-4-7-14(10-13)24-3/h4,6-7,10,15H,5,8-9,11H2,1-3H3/t15-/m0/s1. The van der Waals surface area contributed by atoms with Crippen LogP contribution in [0.1, 0.15) is 35.7 Å². The normalized spacial score (nSPS) is 17.3. The predicted octanol–water partition coefficient (Wildman–Crippen LogP) is 3.30. The second-order valence-electron chi connectivity index (χ2n) is 6.19. The number of carbonyl (C=O) groups excluding carboxylic acids is 1. The highest BCUT2D eigenvalue weighted by atomic mass is 35.5. The predicted molar refractivity (Wildman–Crippen MR) is 93.3 cm³/mol. The van der Waals surface area contributed by atoms with E-state index < -0.39 is 0 Å². The number of halogens is 1. The first-order chi connectivity index (χ1) is 11.5. The highest BCUT2D eigenvalue weighted by molar-refractivity contribution is 6.30. The highest BCUT2D eigenvalue weighted by Crippen LogP contribution is 2.37. The van der Waals surface area contributed by atoms with E-state index in [1.54, 1.807) is 11.8 Å². The molecule has 1 saturated heterocycles. The summed E-state index contributed by atoms with van der Waals surface area (Å²) in [7, 11) is 3.46. The average Bonchev–Trinajstić information content (AvgIpc) is 3.12. The Morgan fingerprint density at radius 1 is 1.46 bits per heavy atom. The molecular formula is C18H22ClN3O2. The van der Waals surface area contributed by atoms with Gasteiger partial charge in [-0.2, -0.15) is 5.10 Å². The van der Waals surface area contributed by atoms with Crippen LogP contribution in [0.15, 0.2) is 24.3 Å². The first-order valence-corrected chi connectivity index (χ1v) is 8.50. The Morgan fingerprint density at radius 2 is 2.25 bits per heavy atom. The summed E-state index contributed by atoms with van der Waals surface area (Å²) in [5.74, 6) is 0.884. The van der Waals surface area contributed by atoms with Crippen molar-refractivity contribution in [1.82, 2.24) is 14.7 Å². The maximum absolute atomic E-state index is 12.8. The van der Waals surface area contributed by atoms with Gasteiger partial charge < -0.3 is 9.64 Å². The molecule has 1 aliphatic rings. The van der Waals surface area contributed by atoms with E-state index in [1.807, 2.05) is 43.1 Å². The van der Waals surface area contributed by atoms with Crippen LogP contribution in [0.4, 0.5) is 0 Å². The van der Waals surface area contributed by atoms with E-state index in [0.29, 0.717) is 11.6 Å². The van der Waals surface area contributed by atoms with E-state index >= 15 is 0 Å². The van der Waals surface area contributed by atoms with Gasteiger partial charge in [-0.3, -0.25) is 9.48 Å². The first-order valence-electron chi connectivity index (χ1n) is 8.12. The number of hydrogen-bond donors (Lipinski definition) is 0. The van der Waals surface area contributed by atoms with Crippen molar-refractivity contribution in [3.63, 3.8) is 0 Å². The molecule has 128 valence electrons. The Kier molecular flexibility index (Phi) is 4.81. The Balaban J connectivity index is 1.81. The van der Waals surface area contributed by atoms with Gasteiger partial charge >= 0.3 is 0 Å². The van der Waals surface area contributed by atoms with Gasteiger partial charge in [-0.15, -0.1) is 0 Å². The van der Waals surface area contributed by atoms with Crippen molar-refractivity contribution in [3.8, 4) is 5.75 Å². The van der Waals surface area contributed by atoms with Crippen molar-refractivity contribution in [2.75, 3.05) is 13.7 Å². The number of likely N-dealkylation sites (tertiary alicyclic amines) is 1. The zero-order chi connectivity index (χ0) is 17.3. The van der Waals surface area contributed by atoms with Crippen LogP contribution in [-0.2, 0) is 18.3 Å². The number of hydrogen-bond acceptors (Lipinski definition) is 3. The first kappa shape index (κ1) is 16.8. The van der Waals surface area contributed by atoms with Crippen molar-refractivity contribution < 1.29 is 9.53 Å². The van der Waals surface area contributed by atoms with Crippen LogP contribution >= 0.6 is 11.6 Å². The Hall–Kier alpha value is -2.01. The lowest BCUT2D eigenvalue weighted by molar-refractivity contribution is -0.131. The lowest BCUT2D eigenvalue weighted by atomic mass is 10.0. The molecule has 1 fully saturated rings. The second kappa shape index (κ2) is 6.85. The molecule has 1 amide bonds. The van der Waals surface area contributed by atoms with Crippen LogP contribution in [0, 0.1) is 6.92 Å². The topological polar surface area (TPSA) is 47.4 Å². The quantitative estimate of drug-likeness (QED) is 0.852. The van der Waals surface area contributed by atoms with Crippen molar-refractivity contribution >= 4 is 17.5 Å². The third-order valence-electron chi connectivity index (χ3n) is 4.59. The number of amides is 1. The Morgan fingerprint density at radius 3 is 2.92 bits per heavy atom. The molecule has 0 aliphatic carbocycles. The van der Waals surface area contributed by atoms with E-state index in [1.165, 1.54) is 0 Å². The summed E-state index contributed by atoms with van der Waals surface area (Å²) in [4.78, 5) is 14.8. The summed E-state index contributed by atoms with van der Waals surface area (Å²) < 4.78 is 6.91. The minimum atomic E-state index is 0.0179. The fourth-order valence-electron chi connectivity index (χ4n) is 3.45. The summed E-state index contributed by atoms with van der Waals surface area (Å²) in [5, 5.41) is 5.01. The SMILES string of the molecule is COc1cccc(CC(=O)N2CCC[C@H]2c2c(C)nn(C)c2Cl)c1. The van der Waals surface area contributed by atoms with Crippen LogP contribution in [0.3, 0.4) is 0 Å². The zero-order valence-electron chi connectivity index (χ0n) is 14.3. The van der Waals surface area contributed by atoms with Crippen LogP contribution in [-0.4, -0.2) is 34.2 Å². The largest absolute Gasteiger partial charge is 0.497 e. The lowest BCUT2D eigenvalue weighted by Crippen LogP contribution is -2.32. The molecule has 5 nitrogen and oxygen atoms in total. The molecule has 6 heteroatoms. The van der Waals surface area contributed by atoms with Gasteiger partial charge in [0.05, 0.1) is 25.3 Å². The third kappa shape index (κ3) is 3.13. The molecule has 0 N–H and O–H groups in total. The van der Waals surface area contributed by atoms with Gasteiger partial charge in [0, 0.05) is 19.2 Å². The number of rotatable bonds is 4. The zero-order valence-corrected chi connectivity index (χ0v) is 15.0. The van der Waals surface area contributed by atoms with Crippen molar-refractivity contribution in [1.29, 1.82) is 0 Å². The van der Waals surface area contributed by atoms with Gasteiger partial charge in [-0.05, 0) is 37.5 Å². The minimum Gasteiger partial charge on any atom is -0.497 e. The fraction of sp³-hybridized carbons (Fsp3) is 0.444. The fourth-order valence-corrected chi connectivity index (χ4v) is 3.75. The molecule has 2 aromatic rings. The van der Waals surface area contributed by atoms with Crippen molar-refractivity contribution in [3.05, 3.63) is 46.2 Å². The van der Waals surface area contributed by atoms with E-state index in [2.05, 4.69) is 5.10 Å². The number of methoxy groups -OCH3 is 1. The Labute approximate surface area is 147 Å². The lowest BCUT2D eigenvalue weighted by Gasteiger charge is -2.25. The molecule has 0 unspecified atom stereocenters. The monoisotopic (exact) mass is 347 g/mol. The molecule has 2 heterocycles. The summed E-state index contributed by atoms with van der Waals surface area (Å²) >= 11 is 6.41. The van der Waals surface area contributed by atoms with E-state index in [0.717, 1.165) is 42.0 Å². The highest BCUT2D eigenvalue weighted by Gasteiger charge is 2.33. The van der Waals surface area contributed by atoms with Gasteiger partial charge in [0.1, 0.15) is 10.9 Å². The number of nitrogens with zero attached hydrogens (tertiary/aromatic N) is 3. The summed E-state index contributed by atoms with van der Waals surface area (Å²) in [6.07, 6.45) is 2.28. The molecule has 1 aromatic carbocycles. The Bertz CT molecular complexity index is 757. The van der Waals surface area contributed by atoms with Crippen LogP contribution in [0.25, 0.3) is 0 Å². The van der Waals surface area contributed by atoms with Crippen LogP contribution < -0.4 is 4.74 Å². The number of benzene rings is 1. The van der Waals surface area contributed by atoms with Gasteiger partial charge in [0.25, 0.3) is 0 Å². The second-order valence-corrected chi connectivity index (χ2v) is 6.54. The number of ether oxygens (including phenoxy) is 1. The molecule has 0 radical (unpaired) electrons. The van der Waals surface area contributed by atoms with Gasteiger partial charge in [-0.1, -0.05) is 23.7 Å². The summed E-state index contributed by atoms with van der Waals surface area (Å²) in [6.45, 7) is 2.71. The molecule has 0 spiro atoms. The van der Waals surface area contributed by atoms with Crippen molar-refractivity contribution in [2.45, 2.75) is 32.2 Å². The molecular weight excluding hydrogens is 326 g/mol. The van der Waals surface area contributed by atoms with Gasteiger partial charge in [0.15, 0.2) is 0 Å². The molecule has 1 aromatic heterocycles. The van der Waals surface area contributed by atoms with Crippen molar-refractivity contribution in [2.24, 2.45) is 7.05 Å². The maximum atomic E-state index is 12.8. The number of aromatic nitrogens is 2. The van der Waals surface area contributed by atoms with Gasteiger partial charge in [0.2, 0.25) is 5.91 Å². The minimum absolute atomic E-state index is 0.0179. The third-order valence-corrected chi connectivity index (χ3v) is 5.04. The summed E-state index contributed by atoms with van der Waals surface area (Å²) in [5.41, 5.74) is 2.84. The molecule has 0 saturated carbocycles. The molecule has 24 heavy (non-hydrogen) atoms. The summed E-state index contributed by atoms with van der Waals surface area (Å²) in [6, 6.07) is 7.67. The van der Waals surface area contributed by atoms with Gasteiger partial charge in [-0.25, -0.2) is 0 Å². The van der Waals surface area contributed by atoms with Crippen LogP contribution in [0.2, 0.25) is 5.15 Å². The van der Waals surface area contributed by atoms with E-state index in [-0.39, 0.29) is 11.9 Å². The molecule has 3 rings (SSSR count). The average molecular weight is 348 g/mol. The number of aryl methyl sites for hydroxylation is 2. The van der Waals surface area contributed by atoms with Crippen LogP contribution in [0.5, 0.6) is 5.75 Å². The van der Waals surface area contributed by atoms with E-state index in [4.69, 9.17) is 16.3 Å².